The minimum Gasteiger partial charge on any atom is -0.325 e. The van der Waals surface area contributed by atoms with Gasteiger partial charge in [0.25, 0.3) is 0 Å². The highest BCUT2D eigenvalue weighted by atomic mass is 35.5. The zero-order valence-electron chi connectivity index (χ0n) is 15.3. The number of carbonyl (C=O) groups excluding carboxylic acids is 1. The number of rotatable bonds is 6. The van der Waals surface area contributed by atoms with E-state index in [9.17, 15) is 13.2 Å². The fourth-order valence-electron chi connectivity index (χ4n) is 2.54. The van der Waals surface area contributed by atoms with Gasteiger partial charge in [0.15, 0.2) is 9.84 Å². The summed E-state index contributed by atoms with van der Waals surface area (Å²) in [6.45, 7) is 4.02. The number of sulfone groups is 1. The van der Waals surface area contributed by atoms with Gasteiger partial charge in [0.2, 0.25) is 5.91 Å². The van der Waals surface area contributed by atoms with Gasteiger partial charge in [-0.25, -0.2) is 8.42 Å². The van der Waals surface area contributed by atoms with E-state index in [-0.39, 0.29) is 23.4 Å². The molecule has 0 saturated heterocycles. The van der Waals surface area contributed by atoms with E-state index < -0.39 is 9.84 Å². The van der Waals surface area contributed by atoms with Crippen molar-refractivity contribution in [2.75, 3.05) is 25.2 Å². The summed E-state index contributed by atoms with van der Waals surface area (Å²) in [4.78, 5) is 14.5. The maximum Gasteiger partial charge on any atom is 0.238 e. The normalized spacial score (nSPS) is 12.8. The van der Waals surface area contributed by atoms with Crippen LogP contribution in [-0.2, 0) is 14.6 Å². The second-order valence-corrected chi connectivity index (χ2v) is 8.82. The number of amides is 1. The maximum absolute atomic E-state index is 12.3. The van der Waals surface area contributed by atoms with Crippen LogP contribution in [0.5, 0.6) is 0 Å². The van der Waals surface area contributed by atoms with E-state index in [2.05, 4.69) is 5.32 Å². The van der Waals surface area contributed by atoms with Crippen molar-refractivity contribution in [2.45, 2.75) is 24.8 Å². The summed E-state index contributed by atoms with van der Waals surface area (Å²) in [5, 5.41) is 3.48. The molecule has 2 aromatic rings. The molecule has 2 rings (SSSR count). The van der Waals surface area contributed by atoms with Crippen LogP contribution < -0.4 is 5.32 Å². The number of halogens is 1. The third-order valence-electron chi connectivity index (χ3n) is 4.39. The van der Waals surface area contributed by atoms with Crippen molar-refractivity contribution in [3.05, 3.63) is 58.6 Å². The number of benzene rings is 2. The van der Waals surface area contributed by atoms with Crippen molar-refractivity contribution in [2.24, 2.45) is 0 Å². The van der Waals surface area contributed by atoms with Crippen molar-refractivity contribution >= 4 is 33.0 Å². The van der Waals surface area contributed by atoms with Crippen molar-refractivity contribution in [3.8, 4) is 0 Å². The van der Waals surface area contributed by atoms with E-state index in [0.717, 1.165) is 11.1 Å². The smallest absolute Gasteiger partial charge is 0.238 e. The molecule has 0 aliphatic heterocycles. The first-order chi connectivity index (χ1) is 12.1. The monoisotopic (exact) mass is 394 g/mol. The summed E-state index contributed by atoms with van der Waals surface area (Å²) in [6.07, 6.45) is 1.18. The van der Waals surface area contributed by atoms with E-state index in [1.54, 1.807) is 36.4 Å². The molecule has 0 saturated carbocycles. The Labute approximate surface area is 159 Å². The third-order valence-corrected chi connectivity index (χ3v) is 5.92. The third kappa shape index (κ3) is 5.06. The number of nitrogens with zero attached hydrogens (tertiary/aromatic N) is 1. The Hall–Kier alpha value is -1.89. The van der Waals surface area contributed by atoms with Crippen LogP contribution in [0.15, 0.2) is 47.4 Å². The van der Waals surface area contributed by atoms with Gasteiger partial charge in [0, 0.05) is 23.0 Å². The van der Waals surface area contributed by atoms with Crippen molar-refractivity contribution < 1.29 is 13.2 Å². The van der Waals surface area contributed by atoms with Crippen LogP contribution in [0, 0.1) is 6.92 Å². The Kier molecular flexibility index (Phi) is 6.44. The van der Waals surface area contributed by atoms with E-state index in [1.807, 2.05) is 31.9 Å². The summed E-state index contributed by atoms with van der Waals surface area (Å²) in [5.41, 5.74) is 2.46. The molecule has 0 fully saturated rings. The van der Waals surface area contributed by atoms with Gasteiger partial charge >= 0.3 is 0 Å². The molecule has 0 aliphatic carbocycles. The highest BCUT2D eigenvalue weighted by molar-refractivity contribution is 7.90. The summed E-state index contributed by atoms with van der Waals surface area (Å²) in [7, 11) is -1.37. The minimum atomic E-state index is -3.22. The van der Waals surface area contributed by atoms with Gasteiger partial charge in [-0.1, -0.05) is 29.8 Å². The Morgan fingerprint density at radius 1 is 1.19 bits per heavy atom. The van der Waals surface area contributed by atoms with Crippen molar-refractivity contribution in [3.63, 3.8) is 0 Å². The van der Waals surface area contributed by atoms with Crippen LogP contribution in [0.25, 0.3) is 0 Å². The average molecular weight is 395 g/mol. The molecule has 0 radical (unpaired) electrons. The van der Waals surface area contributed by atoms with Crippen molar-refractivity contribution in [1.29, 1.82) is 0 Å². The zero-order chi connectivity index (χ0) is 19.5. The molecule has 0 aliphatic rings. The highest BCUT2D eigenvalue weighted by Crippen LogP contribution is 2.24. The molecule has 7 heteroatoms. The molecule has 26 heavy (non-hydrogen) atoms. The Morgan fingerprint density at radius 3 is 2.38 bits per heavy atom. The molecule has 1 N–H and O–H groups in total. The van der Waals surface area contributed by atoms with Gasteiger partial charge < -0.3 is 5.32 Å². The zero-order valence-corrected chi connectivity index (χ0v) is 16.9. The van der Waals surface area contributed by atoms with E-state index in [1.165, 1.54) is 6.26 Å². The number of hydrogen-bond acceptors (Lipinski definition) is 4. The number of anilines is 1. The molecule has 0 heterocycles. The molecule has 0 aromatic heterocycles. The molecule has 140 valence electrons. The summed E-state index contributed by atoms with van der Waals surface area (Å²) in [5.74, 6) is -0.141. The van der Waals surface area contributed by atoms with Gasteiger partial charge in [-0.15, -0.1) is 0 Å². The summed E-state index contributed by atoms with van der Waals surface area (Å²) in [6, 6.07) is 12.1. The van der Waals surface area contributed by atoms with Gasteiger partial charge in [-0.05, 0) is 56.3 Å². The van der Waals surface area contributed by atoms with Crippen LogP contribution >= 0.6 is 11.6 Å². The van der Waals surface area contributed by atoms with Gasteiger partial charge in [0.1, 0.15) is 0 Å². The molecular weight excluding hydrogens is 372 g/mol. The Morgan fingerprint density at radius 2 is 1.81 bits per heavy atom. The Balaban J connectivity index is 2.03. The maximum atomic E-state index is 12.3. The molecule has 1 amide bonds. The van der Waals surface area contributed by atoms with E-state index in [0.29, 0.717) is 10.7 Å². The summed E-state index contributed by atoms with van der Waals surface area (Å²) < 4.78 is 23.1. The largest absolute Gasteiger partial charge is 0.325 e. The Bertz CT molecular complexity index is 896. The first-order valence-electron chi connectivity index (χ1n) is 8.15. The number of carbonyl (C=O) groups is 1. The lowest BCUT2D eigenvalue weighted by atomic mass is 10.1. The lowest BCUT2D eigenvalue weighted by Gasteiger charge is -2.25. The first kappa shape index (κ1) is 20.4. The SMILES string of the molecule is Cc1c(Cl)cccc1NC(=O)CN(C)C(C)c1ccc(S(C)(=O)=O)cc1. The second kappa shape index (κ2) is 8.20. The van der Waals surface area contributed by atoms with Crippen LogP contribution in [0.1, 0.15) is 24.1 Å². The predicted octanol–water partition coefficient (Wildman–Crippen LogP) is 3.68. The lowest BCUT2D eigenvalue weighted by Crippen LogP contribution is -2.32. The predicted molar refractivity (Wildman–Crippen MR) is 105 cm³/mol. The molecule has 1 unspecified atom stereocenters. The fourth-order valence-corrected chi connectivity index (χ4v) is 3.35. The van der Waals surface area contributed by atoms with Gasteiger partial charge in [-0.2, -0.15) is 0 Å². The van der Waals surface area contributed by atoms with Crippen molar-refractivity contribution in [1.82, 2.24) is 4.90 Å². The molecule has 0 bridgehead atoms. The van der Waals surface area contributed by atoms with Gasteiger partial charge in [-0.3, -0.25) is 9.69 Å². The van der Waals surface area contributed by atoms with Gasteiger partial charge in [0.05, 0.1) is 11.4 Å². The lowest BCUT2D eigenvalue weighted by molar-refractivity contribution is -0.117. The average Bonchev–Trinajstić information content (AvgIpc) is 2.57. The van der Waals surface area contributed by atoms with Crippen LogP contribution in [0.3, 0.4) is 0 Å². The summed E-state index contributed by atoms with van der Waals surface area (Å²) >= 11 is 6.07. The highest BCUT2D eigenvalue weighted by Gasteiger charge is 2.16. The first-order valence-corrected chi connectivity index (χ1v) is 10.4. The molecule has 2 aromatic carbocycles. The van der Waals surface area contributed by atoms with E-state index in [4.69, 9.17) is 11.6 Å². The number of hydrogen-bond donors (Lipinski definition) is 1. The standard InChI is InChI=1S/C19H23ClN2O3S/c1-13-17(20)6-5-7-18(13)21-19(23)12-22(3)14(2)15-8-10-16(11-9-15)26(4,24)25/h5-11,14H,12H2,1-4H3,(H,21,23). The molecule has 0 spiro atoms. The topological polar surface area (TPSA) is 66.5 Å². The fraction of sp³-hybridized carbons (Fsp3) is 0.316. The number of nitrogens with one attached hydrogen (secondary N) is 1. The quantitative estimate of drug-likeness (QED) is 0.811. The minimum absolute atomic E-state index is 0.0465. The second-order valence-electron chi connectivity index (χ2n) is 6.39. The number of likely N-dealkylation sites (N-methyl/N-ethyl adjacent to an activating group) is 1. The van der Waals surface area contributed by atoms with Crippen LogP contribution in [-0.4, -0.2) is 39.1 Å². The van der Waals surface area contributed by atoms with Crippen LogP contribution in [0.2, 0.25) is 5.02 Å². The molecular formula is C19H23ClN2O3S. The van der Waals surface area contributed by atoms with Crippen LogP contribution in [0.4, 0.5) is 5.69 Å². The molecule has 1 atom stereocenters. The van der Waals surface area contributed by atoms with E-state index >= 15 is 0 Å². The molecule has 5 nitrogen and oxygen atoms in total.